The lowest BCUT2D eigenvalue weighted by Crippen LogP contribution is -2.40. The smallest absolute Gasteiger partial charge is 0.258 e. The maximum absolute atomic E-state index is 12.3. The maximum atomic E-state index is 12.3. The third-order valence-electron chi connectivity index (χ3n) is 3.03. The summed E-state index contributed by atoms with van der Waals surface area (Å²) in [7, 11) is 0. The molecule has 0 atom stereocenters. The second-order valence-electron chi connectivity index (χ2n) is 5.51. The Morgan fingerprint density at radius 3 is 2.61 bits per heavy atom. The predicted molar refractivity (Wildman–Crippen MR) is 75.9 cm³/mol. The number of nitrogens with two attached hydrogens (primary N) is 1. The average molecular weight is 244 g/mol. The quantitative estimate of drug-likeness (QED) is 0.900. The van der Waals surface area contributed by atoms with Gasteiger partial charge < -0.3 is 10.3 Å². The number of pyridine rings is 1. The van der Waals surface area contributed by atoms with Gasteiger partial charge in [-0.3, -0.25) is 4.79 Å². The fourth-order valence-corrected chi connectivity index (χ4v) is 2.12. The van der Waals surface area contributed by atoms with Crippen LogP contribution in [-0.2, 0) is 13.0 Å². The fourth-order valence-electron chi connectivity index (χ4n) is 2.12. The molecule has 1 aromatic heterocycles. The van der Waals surface area contributed by atoms with E-state index in [2.05, 4.69) is 13.0 Å². The molecule has 0 aliphatic rings. The zero-order valence-electron chi connectivity index (χ0n) is 11.2. The molecule has 0 unspecified atom stereocenters. The lowest BCUT2D eigenvalue weighted by atomic mass is 10.1. The van der Waals surface area contributed by atoms with Crippen LogP contribution in [0.4, 0.5) is 0 Å². The summed E-state index contributed by atoms with van der Waals surface area (Å²) < 4.78 is 1.69. The van der Waals surface area contributed by atoms with Crippen molar-refractivity contribution in [3.05, 3.63) is 46.4 Å². The summed E-state index contributed by atoms with van der Waals surface area (Å²) >= 11 is 0. The molecule has 0 radical (unpaired) electrons. The highest BCUT2D eigenvalue weighted by molar-refractivity contribution is 5.82. The predicted octanol–water partition coefficient (Wildman–Crippen LogP) is 2.30. The van der Waals surface area contributed by atoms with Gasteiger partial charge in [0.05, 0.1) is 0 Å². The lowest BCUT2D eigenvalue weighted by molar-refractivity contribution is 0.428. The van der Waals surface area contributed by atoms with Crippen LogP contribution in [0.15, 0.2) is 35.3 Å². The van der Waals surface area contributed by atoms with Crippen molar-refractivity contribution in [2.75, 3.05) is 0 Å². The number of hydrogen-bond donors (Lipinski definition) is 1. The Bertz CT molecular complexity index is 620. The van der Waals surface area contributed by atoms with Crippen LogP contribution >= 0.6 is 0 Å². The summed E-state index contributed by atoms with van der Waals surface area (Å²) in [5, 5.41) is 1.77. The van der Waals surface area contributed by atoms with E-state index in [0.29, 0.717) is 6.54 Å². The van der Waals surface area contributed by atoms with Gasteiger partial charge in [-0.05, 0) is 43.4 Å². The highest BCUT2D eigenvalue weighted by Crippen LogP contribution is 2.13. The van der Waals surface area contributed by atoms with Crippen LogP contribution in [0.3, 0.4) is 0 Å². The Morgan fingerprint density at radius 1 is 1.28 bits per heavy atom. The Balaban J connectivity index is 2.55. The summed E-state index contributed by atoms with van der Waals surface area (Å²) in [4.78, 5) is 12.3. The van der Waals surface area contributed by atoms with E-state index in [9.17, 15) is 4.79 Å². The van der Waals surface area contributed by atoms with Crippen molar-refractivity contribution in [2.45, 2.75) is 39.3 Å². The van der Waals surface area contributed by atoms with E-state index in [1.807, 2.05) is 38.2 Å². The van der Waals surface area contributed by atoms with E-state index in [0.717, 1.165) is 17.2 Å². The zero-order valence-corrected chi connectivity index (χ0v) is 11.2. The molecule has 0 fully saturated rings. The molecule has 96 valence electrons. The third-order valence-corrected chi connectivity index (χ3v) is 3.03. The van der Waals surface area contributed by atoms with Gasteiger partial charge in [-0.25, -0.2) is 0 Å². The van der Waals surface area contributed by atoms with Crippen molar-refractivity contribution in [2.24, 2.45) is 5.73 Å². The Morgan fingerprint density at radius 2 is 2.00 bits per heavy atom. The highest BCUT2D eigenvalue weighted by atomic mass is 16.1. The van der Waals surface area contributed by atoms with Gasteiger partial charge in [-0.15, -0.1) is 0 Å². The Hall–Kier alpha value is -1.61. The van der Waals surface area contributed by atoms with Crippen LogP contribution in [0.25, 0.3) is 10.8 Å². The second kappa shape index (κ2) is 4.58. The van der Waals surface area contributed by atoms with E-state index in [4.69, 9.17) is 5.73 Å². The first-order valence-electron chi connectivity index (χ1n) is 6.32. The van der Waals surface area contributed by atoms with Crippen molar-refractivity contribution in [3.63, 3.8) is 0 Å². The molecule has 18 heavy (non-hydrogen) atoms. The number of nitrogens with zero attached hydrogens (tertiary/aromatic N) is 1. The number of aromatic nitrogens is 1. The Labute approximate surface area is 107 Å². The molecule has 1 aromatic carbocycles. The minimum absolute atomic E-state index is 0.0358. The molecule has 3 nitrogen and oxygen atoms in total. The molecule has 0 aliphatic heterocycles. The van der Waals surface area contributed by atoms with E-state index in [1.54, 1.807) is 4.57 Å². The van der Waals surface area contributed by atoms with Gasteiger partial charge in [0, 0.05) is 23.7 Å². The van der Waals surface area contributed by atoms with E-state index < -0.39 is 0 Å². The van der Waals surface area contributed by atoms with Crippen LogP contribution in [0, 0.1) is 0 Å². The first-order chi connectivity index (χ1) is 8.40. The van der Waals surface area contributed by atoms with Crippen molar-refractivity contribution in [1.29, 1.82) is 0 Å². The monoisotopic (exact) mass is 244 g/mol. The molecular weight excluding hydrogens is 224 g/mol. The number of benzene rings is 1. The largest absolute Gasteiger partial charge is 0.324 e. The summed E-state index contributed by atoms with van der Waals surface area (Å²) in [5.41, 5.74) is 6.86. The summed E-state index contributed by atoms with van der Waals surface area (Å²) in [6.07, 6.45) is 2.81. The van der Waals surface area contributed by atoms with Gasteiger partial charge in [0.1, 0.15) is 0 Å². The van der Waals surface area contributed by atoms with E-state index >= 15 is 0 Å². The molecule has 2 rings (SSSR count). The van der Waals surface area contributed by atoms with E-state index in [-0.39, 0.29) is 11.1 Å². The van der Waals surface area contributed by atoms with Gasteiger partial charge >= 0.3 is 0 Å². The average Bonchev–Trinajstić information content (AvgIpc) is 2.31. The second-order valence-corrected chi connectivity index (χ2v) is 5.51. The molecule has 3 heteroatoms. The number of fused-ring (bicyclic) bond motifs is 1. The van der Waals surface area contributed by atoms with Crippen LogP contribution in [-0.4, -0.2) is 10.1 Å². The standard InChI is InChI=1S/C15H20N2O/c1-4-11-5-6-13-12(9-11)7-8-17(14(13)18)10-15(2,3)16/h5-9H,4,10,16H2,1-3H3. The molecule has 0 bridgehead atoms. The van der Waals surface area contributed by atoms with Crippen LogP contribution in [0.5, 0.6) is 0 Å². The van der Waals surface area contributed by atoms with Gasteiger partial charge in [-0.1, -0.05) is 19.1 Å². The molecular formula is C15H20N2O. The topological polar surface area (TPSA) is 48.0 Å². The SMILES string of the molecule is CCc1ccc2c(=O)n(CC(C)(C)N)ccc2c1. The number of hydrogen-bond acceptors (Lipinski definition) is 2. The van der Waals surface area contributed by atoms with Gasteiger partial charge in [-0.2, -0.15) is 0 Å². The summed E-state index contributed by atoms with van der Waals surface area (Å²) in [5.74, 6) is 0. The van der Waals surface area contributed by atoms with Gasteiger partial charge in [0.25, 0.3) is 5.56 Å². The van der Waals surface area contributed by atoms with Crippen molar-refractivity contribution in [1.82, 2.24) is 4.57 Å². The van der Waals surface area contributed by atoms with Crippen molar-refractivity contribution >= 4 is 10.8 Å². The highest BCUT2D eigenvalue weighted by Gasteiger charge is 2.13. The van der Waals surface area contributed by atoms with Crippen LogP contribution < -0.4 is 11.3 Å². The molecule has 0 saturated carbocycles. The molecule has 0 spiro atoms. The third kappa shape index (κ3) is 2.62. The first-order valence-corrected chi connectivity index (χ1v) is 6.32. The van der Waals surface area contributed by atoms with Crippen molar-refractivity contribution < 1.29 is 0 Å². The molecule has 0 amide bonds. The molecule has 1 heterocycles. The summed E-state index contributed by atoms with van der Waals surface area (Å²) in [6.45, 7) is 6.48. The number of rotatable bonds is 3. The lowest BCUT2D eigenvalue weighted by Gasteiger charge is -2.20. The minimum Gasteiger partial charge on any atom is -0.324 e. The molecule has 2 N–H and O–H groups in total. The van der Waals surface area contributed by atoms with Crippen molar-refractivity contribution in [3.8, 4) is 0 Å². The Kier molecular flexibility index (Phi) is 3.26. The van der Waals surface area contributed by atoms with Crippen LogP contribution in [0.2, 0.25) is 0 Å². The van der Waals surface area contributed by atoms with E-state index in [1.165, 1.54) is 5.56 Å². The molecule has 0 aliphatic carbocycles. The normalized spacial score (nSPS) is 12.0. The van der Waals surface area contributed by atoms with Gasteiger partial charge in [0.2, 0.25) is 0 Å². The molecule has 2 aromatic rings. The first kappa shape index (κ1) is 12.8. The maximum Gasteiger partial charge on any atom is 0.258 e. The van der Waals surface area contributed by atoms with Gasteiger partial charge in [0.15, 0.2) is 0 Å². The molecule has 0 saturated heterocycles. The van der Waals surface area contributed by atoms with Crippen LogP contribution in [0.1, 0.15) is 26.3 Å². The minimum atomic E-state index is -0.388. The zero-order chi connectivity index (χ0) is 13.3. The summed E-state index contributed by atoms with van der Waals surface area (Å²) in [6, 6.07) is 7.99. The number of aryl methyl sites for hydroxylation is 1. The fraction of sp³-hybridized carbons (Fsp3) is 0.400.